The third-order valence-corrected chi connectivity index (χ3v) is 2.55. The number of H-pyrrole nitrogens is 1. The van der Waals surface area contributed by atoms with Gasteiger partial charge in [-0.1, -0.05) is 30.3 Å². The van der Waals surface area contributed by atoms with E-state index in [0.717, 1.165) is 11.4 Å². The zero-order valence-corrected chi connectivity index (χ0v) is 7.60. The molecule has 1 aliphatic rings. The van der Waals surface area contributed by atoms with E-state index in [1.807, 2.05) is 24.4 Å². The molecule has 2 aromatic rings. The molecule has 1 unspecified atom stereocenters. The van der Waals surface area contributed by atoms with E-state index in [9.17, 15) is 0 Å². The largest absolute Gasteiger partial charge is 0.356 e. The van der Waals surface area contributed by atoms with Crippen LogP contribution in [0.1, 0.15) is 11.4 Å². The number of rotatable bonds is 2. The van der Waals surface area contributed by atoms with Crippen LogP contribution in [-0.4, -0.2) is 16.6 Å². The van der Waals surface area contributed by atoms with Crippen molar-refractivity contribution in [2.45, 2.75) is 5.60 Å². The van der Waals surface area contributed by atoms with Gasteiger partial charge in [-0.2, -0.15) is 0 Å². The highest BCUT2D eigenvalue weighted by atomic mass is 16.6. The van der Waals surface area contributed by atoms with E-state index in [4.69, 9.17) is 4.74 Å². The van der Waals surface area contributed by atoms with E-state index >= 15 is 0 Å². The third-order valence-electron chi connectivity index (χ3n) is 2.55. The minimum atomic E-state index is -0.301. The summed E-state index contributed by atoms with van der Waals surface area (Å²) in [5, 5.41) is 0. The predicted octanol–water partition coefficient (Wildman–Crippen LogP) is 1.68. The lowest BCUT2D eigenvalue weighted by atomic mass is 9.99. The molecule has 0 amide bonds. The van der Waals surface area contributed by atoms with Gasteiger partial charge in [0, 0.05) is 12.4 Å². The molecule has 1 saturated heterocycles. The molecule has 0 bridgehead atoms. The minimum absolute atomic E-state index is 0.301. The standard InChI is InChI=1S/C11H10N2O/c1-2-4-9(5-3-1)11(8-14-11)10-12-6-7-13-10/h1-7H,8H2,(H,12,13). The van der Waals surface area contributed by atoms with E-state index < -0.39 is 0 Å². The number of aromatic nitrogens is 2. The third kappa shape index (κ3) is 0.992. The number of imidazole rings is 1. The van der Waals surface area contributed by atoms with E-state index in [1.54, 1.807) is 6.20 Å². The van der Waals surface area contributed by atoms with Crippen molar-refractivity contribution in [3.05, 3.63) is 54.1 Å². The fourth-order valence-corrected chi connectivity index (χ4v) is 1.71. The minimum Gasteiger partial charge on any atom is -0.356 e. The molecule has 70 valence electrons. The smallest absolute Gasteiger partial charge is 0.174 e. The van der Waals surface area contributed by atoms with Gasteiger partial charge in [-0.05, 0) is 5.56 Å². The quantitative estimate of drug-likeness (QED) is 0.725. The van der Waals surface area contributed by atoms with Crippen LogP contribution < -0.4 is 0 Å². The zero-order valence-electron chi connectivity index (χ0n) is 7.60. The summed E-state index contributed by atoms with van der Waals surface area (Å²) in [6.07, 6.45) is 3.57. The van der Waals surface area contributed by atoms with Gasteiger partial charge in [-0.3, -0.25) is 0 Å². The first kappa shape index (κ1) is 7.76. The Kier molecular flexibility index (Phi) is 1.49. The maximum Gasteiger partial charge on any atom is 0.174 e. The highest BCUT2D eigenvalue weighted by Crippen LogP contribution is 2.42. The SMILES string of the molecule is c1ccc(C2(c3ncc[nH]3)CO2)cc1. The van der Waals surface area contributed by atoms with Crippen molar-refractivity contribution in [2.24, 2.45) is 0 Å². The monoisotopic (exact) mass is 186 g/mol. The van der Waals surface area contributed by atoms with Crippen molar-refractivity contribution in [2.75, 3.05) is 6.61 Å². The van der Waals surface area contributed by atoms with Crippen LogP contribution in [0.2, 0.25) is 0 Å². The molecule has 0 spiro atoms. The van der Waals surface area contributed by atoms with Crippen LogP contribution in [0.15, 0.2) is 42.7 Å². The molecular formula is C11H10N2O. The maximum absolute atomic E-state index is 5.53. The zero-order chi connectivity index (χ0) is 9.43. The summed E-state index contributed by atoms with van der Waals surface area (Å²) in [6.45, 7) is 0.713. The number of hydrogen-bond acceptors (Lipinski definition) is 2. The van der Waals surface area contributed by atoms with Crippen LogP contribution in [0.3, 0.4) is 0 Å². The van der Waals surface area contributed by atoms with Gasteiger partial charge in [0.25, 0.3) is 0 Å². The lowest BCUT2D eigenvalue weighted by Crippen LogP contribution is -2.12. The van der Waals surface area contributed by atoms with Crippen LogP contribution >= 0.6 is 0 Å². The van der Waals surface area contributed by atoms with E-state index in [0.29, 0.717) is 6.61 Å². The molecule has 0 radical (unpaired) electrons. The Balaban J connectivity index is 2.07. The topological polar surface area (TPSA) is 41.2 Å². The Hall–Kier alpha value is -1.61. The molecule has 1 aromatic heterocycles. The summed E-state index contributed by atoms with van der Waals surface area (Å²) in [5.41, 5.74) is 0.861. The van der Waals surface area contributed by atoms with Gasteiger partial charge in [-0.25, -0.2) is 4.98 Å². The highest BCUT2D eigenvalue weighted by molar-refractivity contribution is 5.34. The molecule has 14 heavy (non-hydrogen) atoms. The molecule has 3 nitrogen and oxygen atoms in total. The van der Waals surface area contributed by atoms with Crippen LogP contribution in [0.4, 0.5) is 0 Å². The first-order valence-corrected chi connectivity index (χ1v) is 4.61. The van der Waals surface area contributed by atoms with E-state index in [1.165, 1.54) is 0 Å². The normalized spacial score (nSPS) is 24.9. The molecular weight excluding hydrogens is 176 g/mol. The Morgan fingerprint density at radius 1 is 1.29 bits per heavy atom. The van der Waals surface area contributed by atoms with Crippen LogP contribution in [0, 0.1) is 0 Å². The van der Waals surface area contributed by atoms with Crippen molar-refractivity contribution in [3.8, 4) is 0 Å². The Morgan fingerprint density at radius 2 is 2.07 bits per heavy atom. The molecule has 1 aliphatic heterocycles. The van der Waals surface area contributed by atoms with Gasteiger partial charge in [0.1, 0.15) is 5.82 Å². The summed E-state index contributed by atoms with van der Waals surface area (Å²) in [4.78, 5) is 7.35. The van der Waals surface area contributed by atoms with Gasteiger partial charge in [-0.15, -0.1) is 0 Å². The first-order chi connectivity index (χ1) is 6.92. The number of hydrogen-bond donors (Lipinski definition) is 1. The van der Waals surface area contributed by atoms with Gasteiger partial charge in [0.2, 0.25) is 0 Å². The molecule has 2 heterocycles. The number of epoxide rings is 1. The Bertz CT molecular complexity index is 418. The van der Waals surface area contributed by atoms with Crippen molar-refractivity contribution in [1.82, 2.24) is 9.97 Å². The summed E-state index contributed by atoms with van der Waals surface area (Å²) >= 11 is 0. The van der Waals surface area contributed by atoms with Crippen LogP contribution in [0.25, 0.3) is 0 Å². The summed E-state index contributed by atoms with van der Waals surface area (Å²) in [7, 11) is 0. The number of nitrogens with zero attached hydrogens (tertiary/aromatic N) is 1. The van der Waals surface area contributed by atoms with E-state index in [-0.39, 0.29) is 5.60 Å². The van der Waals surface area contributed by atoms with Crippen LogP contribution in [-0.2, 0) is 10.3 Å². The highest BCUT2D eigenvalue weighted by Gasteiger charge is 2.50. The summed E-state index contributed by atoms with van der Waals surface area (Å²) in [5.74, 6) is 0.892. The molecule has 3 heteroatoms. The first-order valence-electron chi connectivity index (χ1n) is 4.61. The molecule has 3 rings (SSSR count). The second-order valence-corrected chi connectivity index (χ2v) is 3.42. The molecule has 1 aromatic carbocycles. The van der Waals surface area contributed by atoms with Gasteiger partial charge in [0.05, 0.1) is 6.61 Å². The number of nitrogens with one attached hydrogen (secondary N) is 1. The van der Waals surface area contributed by atoms with Crippen molar-refractivity contribution in [3.63, 3.8) is 0 Å². The van der Waals surface area contributed by atoms with Gasteiger partial charge < -0.3 is 9.72 Å². The number of benzene rings is 1. The Morgan fingerprint density at radius 3 is 2.64 bits per heavy atom. The summed E-state index contributed by atoms with van der Waals surface area (Å²) in [6, 6.07) is 10.2. The van der Waals surface area contributed by atoms with E-state index in [2.05, 4.69) is 22.1 Å². The number of ether oxygens (including phenoxy) is 1. The van der Waals surface area contributed by atoms with Crippen LogP contribution in [0.5, 0.6) is 0 Å². The second-order valence-electron chi connectivity index (χ2n) is 3.42. The fourth-order valence-electron chi connectivity index (χ4n) is 1.71. The van der Waals surface area contributed by atoms with Crippen molar-refractivity contribution in [1.29, 1.82) is 0 Å². The molecule has 1 fully saturated rings. The number of aromatic amines is 1. The average Bonchev–Trinajstić information content (AvgIpc) is 2.88. The second kappa shape index (κ2) is 2.69. The van der Waals surface area contributed by atoms with Crippen molar-refractivity contribution < 1.29 is 4.74 Å². The molecule has 1 N–H and O–H groups in total. The lowest BCUT2D eigenvalue weighted by molar-refractivity contribution is 0.339. The fraction of sp³-hybridized carbons (Fsp3) is 0.182. The summed E-state index contributed by atoms with van der Waals surface area (Å²) < 4.78 is 5.53. The molecule has 0 aliphatic carbocycles. The lowest BCUT2D eigenvalue weighted by Gasteiger charge is -2.08. The molecule has 1 atom stereocenters. The van der Waals surface area contributed by atoms with Gasteiger partial charge >= 0.3 is 0 Å². The van der Waals surface area contributed by atoms with Gasteiger partial charge in [0.15, 0.2) is 5.60 Å². The average molecular weight is 186 g/mol. The van der Waals surface area contributed by atoms with Crippen molar-refractivity contribution >= 4 is 0 Å². The predicted molar refractivity (Wildman–Crippen MR) is 51.8 cm³/mol. The molecule has 0 saturated carbocycles. The maximum atomic E-state index is 5.53. The Labute approximate surface area is 81.8 Å².